The lowest BCUT2D eigenvalue weighted by molar-refractivity contribution is 1.18. The third-order valence-corrected chi connectivity index (χ3v) is 9.18. The van der Waals surface area contributed by atoms with Gasteiger partial charge in [0.1, 0.15) is 12.1 Å². The molecule has 0 spiro atoms. The van der Waals surface area contributed by atoms with Gasteiger partial charge in [-0.05, 0) is 71.4 Å². The van der Waals surface area contributed by atoms with Gasteiger partial charge in [0.25, 0.3) is 0 Å². The van der Waals surface area contributed by atoms with Gasteiger partial charge in [-0.15, -0.1) is 0 Å². The minimum atomic E-state index is 0.491. The number of aromatic nitrogens is 5. The van der Waals surface area contributed by atoms with Gasteiger partial charge < -0.3 is 4.57 Å². The molecule has 4 aromatic carbocycles. The van der Waals surface area contributed by atoms with Gasteiger partial charge in [-0.25, -0.2) is 9.97 Å². The highest BCUT2D eigenvalue weighted by Gasteiger charge is 2.20. The molecule has 0 aliphatic rings. The molecule has 7 nitrogen and oxygen atoms in total. The van der Waals surface area contributed by atoms with E-state index < -0.39 is 0 Å². The Balaban J connectivity index is 1.28. The van der Waals surface area contributed by atoms with Crippen molar-refractivity contribution in [1.82, 2.24) is 24.5 Å². The van der Waals surface area contributed by atoms with Gasteiger partial charge in [-0.2, -0.15) is 10.5 Å². The fraction of sp³-hybridized carbons (Fsp3) is 0. The van der Waals surface area contributed by atoms with Gasteiger partial charge in [-0.3, -0.25) is 9.97 Å². The minimum absolute atomic E-state index is 0.491. The summed E-state index contributed by atoms with van der Waals surface area (Å²) in [6, 6.07) is 47.6. The largest absolute Gasteiger partial charge is 0.309 e. The molecule has 0 unspecified atom stereocenters. The van der Waals surface area contributed by atoms with E-state index in [2.05, 4.69) is 99.5 Å². The van der Waals surface area contributed by atoms with Crippen LogP contribution in [0, 0.1) is 22.7 Å². The molecular weight excluding hydrogens is 627 g/mol. The van der Waals surface area contributed by atoms with Crippen molar-refractivity contribution in [3.63, 3.8) is 0 Å². The van der Waals surface area contributed by atoms with Crippen molar-refractivity contribution in [2.45, 2.75) is 0 Å². The van der Waals surface area contributed by atoms with Crippen LogP contribution in [0.5, 0.6) is 0 Å². The minimum Gasteiger partial charge on any atom is -0.309 e. The van der Waals surface area contributed by atoms with E-state index in [1.54, 1.807) is 24.8 Å². The summed E-state index contributed by atoms with van der Waals surface area (Å²) in [4.78, 5) is 18.6. The summed E-state index contributed by atoms with van der Waals surface area (Å²) in [6.07, 6.45) is 6.58. The molecule has 9 aromatic rings. The first-order valence-corrected chi connectivity index (χ1v) is 16.4. The maximum Gasteiger partial charge on any atom is 0.101 e. The molecule has 0 N–H and O–H groups in total. The second-order valence-corrected chi connectivity index (χ2v) is 12.2. The number of fused-ring (bicyclic) bond motifs is 5. The number of rotatable bonds is 5. The van der Waals surface area contributed by atoms with E-state index in [4.69, 9.17) is 9.97 Å². The molecule has 236 valence electrons. The third-order valence-electron chi connectivity index (χ3n) is 9.18. The van der Waals surface area contributed by atoms with Crippen LogP contribution in [0.25, 0.3) is 83.3 Å². The first-order valence-electron chi connectivity index (χ1n) is 16.4. The van der Waals surface area contributed by atoms with E-state index in [-0.39, 0.29) is 0 Å². The highest BCUT2D eigenvalue weighted by molar-refractivity contribution is 6.24. The van der Waals surface area contributed by atoms with Gasteiger partial charge in [0.15, 0.2) is 0 Å². The van der Waals surface area contributed by atoms with E-state index >= 15 is 0 Å². The van der Waals surface area contributed by atoms with Crippen molar-refractivity contribution < 1.29 is 0 Å². The number of nitriles is 2. The maximum absolute atomic E-state index is 9.47. The van der Waals surface area contributed by atoms with E-state index in [9.17, 15) is 10.5 Å². The Bertz CT molecular complexity index is 2890. The zero-order valence-electron chi connectivity index (χ0n) is 27.1. The summed E-state index contributed by atoms with van der Waals surface area (Å²) in [5.74, 6) is 0. The van der Waals surface area contributed by atoms with Crippen molar-refractivity contribution in [2.75, 3.05) is 0 Å². The Hall–Kier alpha value is -7.48. The fourth-order valence-corrected chi connectivity index (χ4v) is 6.89. The summed E-state index contributed by atoms with van der Waals surface area (Å²) in [7, 11) is 0. The van der Waals surface area contributed by atoms with Crippen LogP contribution in [-0.2, 0) is 0 Å². The van der Waals surface area contributed by atoms with Crippen LogP contribution in [-0.4, -0.2) is 24.5 Å². The van der Waals surface area contributed by atoms with Crippen molar-refractivity contribution in [3.05, 3.63) is 163 Å². The summed E-state index contributed by atoms with van der Waals surface area (Å²) in [6.45, 7) is 0. The van der Waals surface area contributed by atoms with Gasteiger partial charge in [0.2, 0.25) is 0 Å². The zero-order chi connectivity index (χ0) is 34.3. The van der Waals surface area contributed by atoms with Crippen LogP contribution in [0.2, 0.25) is 0 Å². The topological polar surface area (TPSA) is 104 Å². The lowest BCUT2D eigenvalue weighted by atomic mass is 9.96. The summed E-state index contributed by atoms with van der Waals surface area (Å²) in [5, 5.41) is 23.4. The molecule has 7 heteroatoms. The Labute approximate surface area is 293 Å². The van der Waals surface area contributed by atoms with Gasteiger partial charge in [-0.1, -0.05) is 66.7 Å². The molecule has 0 saturated heterocycles. The molecule has 0 bridgehead atoms. The number of benzene rings is 4. The number of para-hydroxylation sites is 1. The molecule has 0 amide bonds. The SMILES string of the molecule is N#Cc1cncc(-c2cccc(-c3ccc4c5c6ccccc6c(-c6cccc(-c7cncc(C#N)c7)n6)cc5n(-c5ccccc5)c4c3)n2)c1. The summed E-state index contributed by atoms with van der Waals surface area (Å²) < 4.78 is 2.32. The van der Waals surface area contributed by atoms with E-state index in [1.165, 1.54) is 0 Å². The zero-order valence-corrected chi connectivity index (χ0v) is 27.1. The van der Waals surface area contributed by atoms with Crippen LogP contribution in [0.3, 0.4) is 0 Å². The Morgan fingerprint density at radius 3 is 1.71 bits per heavy atom. The van der Waals surface area contributed by atoms with E-state index in [0.29, 0.717) is 11.1 Å². The molecule has 51 heavy (non-hydrogen) atoms. The third kappa shape index (κ3) is 5.14. The van der Waals surface area contributed by atoms with Crippen molar-refractivity contribution in [3.8, 4) is 62.9 Å². The predicted molar refractivity (Wildman–Crippen MR) is 201 cm³/mol. The first kappa shape index (κ1) is 29.6. The molecule has 0 aliphatic heterocycles. The van der Waals surface area contributed by atoms with Crippen LogP contribution < -0.4 is 0 Å². The quantitative estimate of drug-likeness (QED) is 0.183. The monoisotopic (exact) mass is 651 g/mol. The van der Waals surface area contributed by atoms with Gasteiger partial charge >= 0.3 is 0 Å². The number of hydrogen-bond acceptors (Lipinski definition) is 6. The molecule has 9 rings (SSSR count). The lowest BCUT2D eigenvalue weighted by Gasteiger charge is -2.12. The van der Waals surface area contributed by atoms with E-state index in [1.807, 2.05) is 54.6 Å². The number of nitrogens with zero attached hydrogens (tertiary/aromatic N) is 7. The van der Waals surface area contributed by atoms with Crippen LogP contribution in [0.15, 0.2) is 152 Å². The normalized spacial score (nSPS) is 11.1. The molecular formula is C44H25N7. The van der Waals surface area contributed by atoms with Crippen LogP contribution in [0.1, 0.15) is 11.1 Å². The Kier molecular flexibility index (Phi) is 7.09. The van der Waals surface area contributed by atoms with E-state index in [0.717, 1.165) is 83.3 Å². The molecule has 5 aromatic heterocycles. The average molecular weight is 652 g/mol. The van der Waals surface area contributed by atoms with Crippen LogP contribution in [0.4, 0.5) is 0 Å². The smallest absolute Gasteiger partial charge is 0.101 e. The number of pyridine rings is 4. The van der Waals surface area contributed by atoms with Gasteiger partial charge in [0.05, 0.1) is 44.9 Å². The molecule has 0 atom stereocenters. The second-order valence-electron chi connectivity index (χ2n) is 12.2. The summed E-state index contributed by atoms with van der Waals surface area (Å²) in [5.41, 5.74) is 10.9. The van der Waals surface area contributed by atoms with Crippen LogP contribution >= 0.6 is 0 Å². The van der Waals surface area contributed by atoms with Crippen molar-refractivity contribution in [1.29, 1.82) is 10.5 Å². The summed E-state index contributed by atoms with van der Waals surface area (Å²) >= 11 is 0. The standard InChI is InChI=1S/C44H25N7/c45-22-28-18-31(26-47-24-28)39-13-6-12-38(49-39)30-16-17-36-42(20-30)51(33-8-2-1-3-9-33)43-21-37(34-10-4-5-11-35(34)44(36)43)41-15-7-14-40(50-41)32-19-29(23-46)25-48-27-32/h1-21,24-27H. The second kappa shape index (κ2) is 12.2. The molecule has 0 radical (unpaired) electrons. The molecule has 5 heterocycles. The molecule has 0 aliphatic carbocycles. The highest BCUT2D eigenvalue weighted by atomic mass is 15.0. The lowest BCUT2D eigenvalue weighted by Crippen LogP contribution is -1.95. The Morgan fingerprint density at radius 1 is 0.451 bits per heavy atom. The average Bonchev–Trinajstić information content (AvgIpc) is 3.54. The molecule has 0 saturated carbocycles. The Morgan fingerprint density at radius 2 is 1.04 bits per heavy atom. The predicted octanol–water partition coefficient (Wildman–Crippen LogP) is 9.93. The van der Waals surface area contributed by atoms with Gasteiger partial charge in [0, 0.05) is 63.5 Å². The fourth-order valence-electron chi connectivity index (χ4n) is 6.89. The van der Waals surface area contributed by atoms with Crippen molar-refractivity contribution in [2.24, 2.45) is 0 Å². The van der Waals surface area contributed by atoms with Crippen molar-refractivity contribution >= 4 is 32.6 Å². The first-order chi connectivity index (χ1) is 25.2. The number of hydrogen-bond donors (Lipinski definition) is 0. The maximum atomic E-state index is 9.47. The molecule has 0 fully saturated rings. The highest BCUT2D eigenvalue weighted by Crippen LogP contribution is 2.42.